The molecule has 1 atom stereocenters. The third kappa shape index (κ3) is 3.36. The van der Waals surface area contributed by atoms with Crippen LogP contribution in [-0.2, 0) is 16.8 Å². The van der Waals surface area contributed by atoms with Crippen molar-refractivity contribution >= 4 is 11.9 Å². The Bertz CT molecular complexity index is 731. The highest BCUT2D eigenvalue weighted by atomic mass is 16.4. The van der Waals surface area contributed by atoms with Crippen LogP contribution in [0.5, 0.6) is 0 Å². The Morgan fingerprint density at radius 3 is 2.43 bits per heavy atom. The molecule has 2 aromatic rings. The van der Waals surface area contributed by atoms with Crippen LogP contribution in [0.25, 0.3) is 0 Å². The second kappa shape index (κ2) is 6.56. The highest BCUT2D eigenvalue weighted by Crippen LogP contribution is 2.22. The molecular formula is C17H19N3O3. The van der Waals surface area contributed by atoms with Crippen molar-refractivity contribution in [3.8, 4) is 0 Å². The summed E-state index contributed by atoms with van der Waals surface area (Å²) in [5, 5.41) is 20.2. The lowest BCUT2D eigenvalue weighted by Gasteiger charge is -2.27. The first-order valence-corrected chi connectivity index (χ1v) is 7.33. The zero-order valence-electron chi connectivity index (χ0n) is 13.3. The van der Waals surface area contributed by atoms with Gasteiger partial charge in [0.1, 0.15) is 0 Å². The third-order valence-electron chi connectivity index (χ3n) is 3.71. The molecule has 0 spiro atoms. The van der Waals surface area contributed by atoms with E-state index in [2.05, 4.69) is 15.5 Å². The van der Waals surface area contributed by atoms with E-state index in [0.717, 1.165) is 0 Å². The fourth-order valence-electron chi connectivity index (χ4n) is 2.29. The standard InChI is InChI=1S/C17H19N3O3/c1-4-14-13(10-11(2)19-20-14)15(21)18-17(3,16(22)23)12-8-6-5-7-9-12/h5-10H,4H2,1-3H3,(H,18,21)(H,22,23). The first-order valence-electron chi connectivity index (χ1n) is 7.33. The maximum Gasteiger partial charge on any atom is 0.333 e. The van der Waals surface area contributed by atoms with Crippen molar-refractivity contribution in [2.45, 2.75) is 32.7 Å². The quantitative estimate of drug-likeness (QED) is 0.881. The van der Waals surface area contributed by atoms with E-state index in [1.807, 2.05) is 6.92 Å². The Hall–Kier alpha value is -2.76. The Morgan fingerprint density at radius 2 is 1.87 bits per heavy atom. The van der Waals surface area contributed by atoms with Gasteiger partial charge in [-0.1, -0.05) is 37.3 Å². The molecule has 0 fully saturated rings. The van der Waals surface area contributed by atoms with Crippen LogP contribution in [0.4, 0.5) is 0 Å². The van der Waals surface area contributed by atoms with Gasteiger partial charge < -0.3 is 10.4 Å². The summed E-state index contributed by atoms with van der Waals surface area (Å²) in [5.41, 5.74) is 0.458. The lowest BCUT2D eigenvalue weighted by Crippen LogP contribution is -2.49. The summed E-state index contributed by atoms with van der Waals surface area (Å²) in [5.74, 6) is -1.61. The zero-order valence-corrected chi connectivity index (χ0v) is 13.3. The molecule has 0 bridgehead atoms. The van der Waals surface area contributed by atoms with E-state index in [0.29, 0.717) is 28.9 Å². The molecule has 0 saturated carbocycles. The van der Waals surface area contributed by atoms with E-state index in [9.17, 15) is 14.7 Å². The highest BCUT2D eigenvalue weighted by Gasteiger charge is 2.37. The van der Waals surface area contributed by atoms with Crippen LogP contribution >= 0.6 is 0 Å². The smallest absolute Gasteiger partial charge is 0.333 e. The first kappa shape index (κ1) is 16.6. The van der Waals surface area contributed by atoms with Gasteiger partial charge in [-0.25, -0.2) is 4.79 Å². The number of hydrogen-bond acceptors (Lipinski definition) is 4. The van der Waals surface area contributed by atoms with Crippen molar-refractivity contribution in [3.63, 3.8) is 0 Å². The molecule has 6 heteroatoms. The van der Waals surface area contributed by atoms with E-state index < -0.39 is 17.4 Å². The molecule has 6 nitrogen and oxygen atoms in total. The molecule has 0 aliphatic carbocycles. The molecule has 0 radical (unpaired) electrons. The monoisotopic (exact) mass is 313 g/mol. The van der Waals surface area contributed by atoms with Gasteiger partial charge in [0.15, 0.2) is 5.54 Å². The molecule has 120 valence electrons. The van der Waals surface area contributed by atoms with Gasteiger partial charge in [-0.15, -0.1) is 0 Å². The summed E-state index contributed by atoms with van der Waals surface area (Å²) >= 11 is 0. The summed E-state index contributed by atoms with van der Waals surface area (Å²) < 4.78 is 0. The predicted octanol–water partition coefficient (Wildman–Crippen LogP) is 2.08. The number of carbonyl (C=O) groups is 2. The molecule has 0 aliphatic rings. The number of rotatable bonds is 5. The minimum Gasteiger partial charge on any atom is -0.479 e. The van der Waals surface area contributed by atoms with E-state index in [4.69, 9.17) is 0 Å². The fourth-order valence-corrected chi connectivity index (χ4v) is 2.29. The molecule has 0 saturated heterocycles. The van der Waals surface area contributed by atoms with Crippen molar-refractivity contribution in [2.75, 3.05) is 0 Å². The van der Waals surface area contributed by atoms with Crippen LogP contribution in [0.15, 0.2) is 36.4 Å². The van der Waals surface area contributed by atoms with Crippen molar-refractivity contribution in [2.24, 2.45) is 0 Å². The molecule has 23 heavy (non-hydrogen) atoms. The molecule has 0 aliphatic heterocycles. The normalized spacial score (nSPS) is 13.2. The molecule has 1 heterocycles. The number of hydrogen-bond donors (Lipinski definition) is 2. The molecule has 1 amide bonds. The van der Waals surface area contributed by atoms with Gasteiger partial charge in [0.25, 0.3) is 5.91 Å². The lowest BCUT2D eigenvalue weighted by molar-refractivity contribution is -0.144. The lowest BCUT2D eigenvalue weighted by atomic mass is 9.91. The van der Waals surface area contributed by atoms with E-state index >= 15 is 0 Å². The Balaban J connectivity index is 2.40. The summed E-state index contributed by atoms with van der Waals surface area (Å²) in [6.07, 6.45) is 0.533. The van der Waals surface area contributed by atoms with Gasteiger partial charge in [0.2, 0.25) is 0 Å². The van der Waals surface area contributed by atoms with Crippen molar-refractivity contribution in [1.29, 1.82) is 0 Å². The number of carboxylic acid groups (broad SMARTS) is 1. The van der Waals surface area contributed by atoms with E-state index in [1.165, 1.54) is 6.92 Å². The van der Waals surface area contributed by atoms with E-state index in [-0.39, 0.29) is 0 Å². The number of aromatic nitrogens is 2. The SMILES string of the molecule is CCc1nnc(C)cc1C(=O)NC(C)(C(=O)O)c1ccccc1. The fraction of sp³-hybridized carbons (Fsp3) is 0.294. The number of nitrogens with one attached hydrogen (secondary N) is 1. The maximum atomic E-state index is 12.6. The van der Waals surface area contributed by atoms with Crippen LogP contribution in [0.2, 0.25) is 0 Å². The average molecular weight is 313 g/mol. The number of aryl methyl sites for hydroxylation is 2. The third-order valence-corrected chi connectivity index (χ3v) is 3.71. The number of carboxylic acids is 1. The summed E-state index contributed by atoms with van der Waals surface area (Å²) in [6, 6.07) is 10.2. The molecule has 1 unspecified atom stereocenters. The van der Waals surface area contributed by atoms with E-state index in [1.54, 1.807) is 43.3 Å². The van der Waals surface area contributed by atoms with Crippen molar-refractivity contribution < 1.29 is 14.7 Å². The van der Waals surface area contributed by atoms with Gasteiger partial charge >= 0.3 is 5.97 Å². The molecule has 1 aromatic carbocycles. The number of amides is 1. The Morgan fingerprint density at radius 1 is 1.22 bits per heavy atom. The number of benzene rings is 1. The minimum atomic E-state index is -1.53. The van der Waals surface area contributed by atoms with Gasteiger partial charge in [0, 0.05) is 0 Å². The predicted molar refractivity (Wildman–Crippen MR) is 85.0 cm³/mol. The Labute approximate surface area is 134 Å². The largest absolute Gasteiger partial charge is 0.479 e. The summed E-state index contributed by atoms with van der Waals surface area (Å²) in [4.78, 5) is 24.4. The van der Waals surface area contributed by atoms with Gasteiger partial charge in [0.05, 0.1) is 17.0 Å². The minimum absolute atomic E-state index is 0.350. The number of aliphatic carboxylic acids is 1. The summed E-state index contributed by atoms with van der Waals surface area (Å²) in [6.45, 7) is 5.07. The highest BCUT2D eigenvalue weighted by molar-refractivity contribution is 5.98. The second-order valence-electron chi connectivity index (χ2n) is 5.45. The van der Waals surface area contributed by atoms with Crippen LogP contribution in [-0.4, -0.2) is 27.2 Å². The zero-order chi connectivity index (χ0) is 17.0. The van der Waals surface area contributed by atoms with Crippen LogP contribution in [0.1, 0.15) is 41.2 Å². The van der Waals surface area contributed by atoms with Crippen LogP contribution in [0, 0.1) is 6.92 Å². The summed E-state index contributed by atoms with van der Waals surface area (Å²) in [7, 11) is 0. The topological polar surface area (TPSA) is 92.2 Å². The van der Waals surface area contributed by atoms with Gasteiger partial charge in [-0.3, -0.25) is 4.79 Å². The van der Waals surface area contributed by atoms with Crippen LogP contribution in [0.3, 0.4) is 0 Å². The molecular weight excluding hydrogens is 294 g/mol. The first-order chi connectivity index (χ1) is 10.9. The molecule has 2 N–H and O–H groups in total. The average Bonchev–Trinajstić information content (AvgIpc) is 2.55. The molecule has 2 rings (SSSR count). The van der Waals surface area contributed by atoms with Crippen molar-refractivity contribution in [3.05, 3.63) is 58.9 Å². The molecule has 1 aromatic heterocycles. The second-order valence-corrected chi connectivity index (χ2v) is 5.45. The number of carbonyl (C=O) groups excluding carboxylic acids is 1. The number of nitrogens with zero attached hydrogens (tertiary/aromatic N) is 2. The van der Waals surface area contributed by atoms with Crippen LogP contribution < -0.4 is 5.32 Å². The van der Waals surface area contributed by atoms with Gasteiger partial charge in [-0.2, -0.15) is 10.2 Å². The Kier molecular flexibility index (Phi) is 4.74. The maximum absolute atomic E-state index is 12.6. The van der Waals surface area contributed by atoms with Crippen molar-refractivity contribution in [1.82, 2.24) is 15.5 Å². The van der Waals surface area contributed by atoms with Gasteiger partial charge in [-0.05, 0) is 31.9 Å².